The first-order valence-corrected chi connectivity index (χ1v) is 5.67. The molecule has 5 nitrogen and oxygen atoms in total. The molecule has 0 fully saturated rings. The number of nitrogens with zero attached hydrogens (tertiary/aromatic N) is 1. The van der Waals surface area contributed by atoms with E-state index in [0.29, 0.717) is 5.82 Å². The summed E-state index contributed by atoms with van der Waals surface area (Å²) in [5.41, 5.74) is 1.19. The van der Waals surface area contributed by atoms with E-state index in [4.69, 9.17) is 0 Å². The smallest absolute Gasteiger partial charge is 0.255 e. The molecular weight excluding hydrogens is 230 g/mol. The van der Waals surface area contributed by atoms with E-state index in [1.807, 2.05) is 13.8 Å². The van der Waals surface area contributed by atoms with Crippen LogP contribution in [0.15, 0.2) is 30.6 Å². The van der Waals surface area contributed by atoms with Crippen molar-refractivity contribution in [1.29, 1.82) is 0 Å². The van der Waals surface area contributed by atoms with Gasteiger partial charge < -0.3 is 15.4 Å². The van der Waals surface area contributed by atoms with E-state index in [-0.39, 0.29) is 23.3 Å². The Labute approximate surface area is 105 Å². The molecule has 0 radical (unpaired) electrons. The van der Waals surface area contributed by atoms with Gasteiger partial charge in [0.1, 0.15) is 11.6 Å². The second kappa shape index (κ2) is 4.91. The lowest BCUT2D eigenvalue weighted by molar-refractivity contribution is 0.0935. The minimum atomic E-state index is -0.319. The summed E-state index contributed by atoms with van der Waals surface area (Å²) in [6.07, 6.45) is 3.32. The van der Waals surface area contributed by atoms with Gasteiger partial charge in [-0.3, -0.25) is 4.79 Å². The maximum atomic E-state index is 12.0. The number of aromatic nitrogens is 2. The molecule has 18 heavy (non-hydrogen) atoms. The van der Waals surface area contributed by atoms with Crippen molar-refractivity contribution < 1.29 is 9.90 Å². The number of phenols is 1. The lowest BCUT2D eigenvalue weighted by Crippen LogP contribution is -2.27. The minimum Gasteiger partial charge on any atom is -0.507 e. The third kappa shape index (κ3) is 2.51. The molecule has 1 aromatic heterocycles. The molecule has 0 saturated heterocycles. The Balaban J connectivity index is 2.15. The summed E-state index contributed by atoms with van der Waals surface area (Å²) in [6.45, 7) is 3.69. The quantitative estimate of drug-likeness (QED) is 0.773. The number of aromatic amines is 1. The summed E-state index contributed by atoms with van der Waals surface area (Å²) >= 11 is 0. The van der Waals surface area contributed by atoms with E-state index in [0.717, 1.165) is 5.56 Å². The predicted molar refractivity (Wildman–Crippen MR) is 67.3 cm³/mol. The number of H-pyrrole nitrogens is 1. The normalized spacial score (nSPS) is 12.1. The number of benzene rings is 1. The summed E-state index contributed by atoms with van der Waals surface area (Å²) in [4.78, 5) is 19.0. The number of phenolic OH excluding ortho intramolecular Hbond substituents is 1. The fourth-order valence-electron chi connectivity index (χ4n) is 1.69. The Morgan fingerprint density at radius 2 is 2.28 bits per heavy atom. The first kappa shape index (κ1) is 12.2. The van der Waals surface area contributed by atoms with Gasteiger partial charge in [-0.15, -0.1) is 0 Å². The van der Waals surface area contributed by atoms with Crippen LogP contribution in [0.4, 0.5) is 0 Å². The number of amides is 1. The fraction of sp³-hybridized carbons (Fsp3) is 0.231. The number of aryl methyl sites for hydroxylation is 1. The standard InChI is InChI=1S/C13H15N3O2/c1-8-3-4-11(17)10(7-8)13(18)16-9(2)12-14-5-6-15-12/h3-7,9,17H,1-2H3,(H,14,15)(H,16,18). The summed E-state index contributed by atoms with van der Waals surface area (Å²) in [5, 5.41) is 12.4. The van der Waals surface area contributed by atoms with E-state index >= 15 is 0 Å². The van der Waals surface area contributed by atoms with Gasteiger partial charge in [-0.05, 0) is 26.0 Å². The van der Waals surface area contributed by atoms with Crippen molar-refractivity contribution in [2.75, 3.05) is 0 Å². The summed E-state index contributed by atoms with van der Waals surface area (Å²) in [7, 11) is 0. The second-order valence-corrected chi connectivity index (χ2v) is 4.19. The Kier molecular flexibility index (Phi) is 3.32. The van der Waals surface area contributed by atoms with E-state index < -0.39 is 0 Å². The van der Waals surface area contributed by atoms with E-state index in [1.54, 1.807) is 24.5 Å². The van der Waals surface area contributed by atoms with Crippen LogP contribution < -0.4 is 5.32 Å². The van der Waals surface area contributed by atoms with Crippen LogP contribution in [0.5, 0.6) is 5.75 Å². The number of aromatic hydroxyl groups is 1. The van der Waals surface area contributed by atoms with Gasteiger partial charge in [-0.25, -0.2) is 4.98 Å². The number of nitrogens with one attached hydrogen (secondary N) is 2. The van der Waals surface area contributed by atoms with Crippen LogP contribution in [0.2, 0.25) is 0 Å². The molecule has 0 spiro atoms. The average Bonchev–Trinajstić information content (AvgIpc) is 2.85. The largest absolute Gasteiger partial charge is 0.507 e. The first-order valence-electron chi connectivity index (χ1n) is 5.67. The molecule has 0 saturated carbocycles. The molecule has 1 unspecified atom stereocenters. The zero-order chi connectivity index (χ0) is 13.1. The first-order chi connectivity index (χ1) is 8.58. The summed E-state index contributed by atoms with van der Waals surface area (Å²) < 4.78 is 0. The van der Waals surface area contributed by atoms with Crippen LogP contribution in [0.25, 0.3) is 0 Å². The molecule has 5 heteroatoms. The van der Waals surface area contributed by atoms with Crippen LogP contribution in [0.3, 0.4) is 0 Å². The molecule has 1 atom stereocenters. The van der Waals surface area contributed by atoms with Crippen LogP contribution in [-0.4, -0.2) is 21.0 Å². The third-order valence-electron chi connectivity index (χ3n) is 2.67. The van der Waals surface area contributed by atoms with Gasteiger partial charge >= 0.3 is 0 Å². The highest BCUT2D eigenvalue weighted by Crippen LogP contribution is 2.19. The van der Waals surface area contributed by atoms with Crippen LogP contribution in [0.1, 0.15) is 34.7 Å². The number of carbonyl (C=O) groups excluding carboxylic acids is 1. The number of hydrogen-bond acceptors (Lipinski definition) is 3. The highest BCUT2D eigenvalue weighted by molar-refractivity contribution is 5.97. The monoisotopic (exact) mass is 245 g/mol. The Hall–Kier alpha value is -2.30. The number of carbonyl (C=O) groups is 1. The van der Waals surface area contributed by atoms with Crippen LogP contribution >= 0.6 is 0 Å². The molecule has 94 valence electrons. The van der Waals surface area contributed by atoms with Crippen molar-refractivity contribution in [2.24, 2.45) is 0 Å². The third-order valence-corrected chi connectivity index (χ3v) is 2.67. The zero-order valence-corrected chi connectivity index (χ0v) is 10.3. The van der Waals surface area contributed by atoms with Gasteiger partial charge in [0, 0.05) is 12.4 Å². The molecule has 1 amide bonds. The topological polar surface area (TPSA) is 78.0 Å². The van der Waals surface area contributed by atoms with Crippen molar-refractivity contribution in [3.63, 3.8) is 0 Å². The van der Waals surface area contributed by atoms with Gasteiger partial charge in [0.05, 0.1) is 11.6 Å². The molecule has 0 aliphatic heterocycles. The van der Waals surface area contributed by atoms with Crippen molar-refractivity contribution >= 4 is 5.91 Å². The maximum Gasteiger partial charge on any atom is 0.255 e. The van der Waals surface area contributed by atoms with Crippen LogP contribution in [0, 0.1) is 6.92 Å². The number of rotatable bonds is 3. The molecule has 2 rings (SSSR count). The molecule has 1 heterocycles. The Morgan fingerprint density at radius 1 is 1.50 bits per heavy atom. The Morgan fingerprint density at radius 3 is 2.94 bits per heavy atom. The lowest BCUT2D eigenvalue weighted by atomic mass is 10.1. The molecule has 3 N–H and O–H groups in total. The molecule has 0 bridgehead atoms. The average molecular weight is 245 g/mol. The fourth-order valence-corrected chi connectivity index (χ4v) is 1.69. The second-order valence-electron chi connectivity index (χ2n) is 4.19. The van der Waals surface area contributed by atoms with Gasteiger partial charge in [0.2, 0.25) is 0 Å². The lowest BCUT2D eigenvalue weighted by Gasteiger charge is -2.12. The van der Waals surface area contributed by atoms with Gasteiger partial charge in [-0.1, -0.05) is 11.6 Å². The molecular formula is C13H15N3O2. The molecule has 2 aromatic rings. The van der Waals surface area contributed by atoms with Gasteiger partial charge in [-0.2, -0.15) is 0 Å². The van der Waals surface area contributed by atoms with Crippen molar-refractivity contribution in [1.82, 2.24) is 15.3 Å². The highest BCUT2D eigenvalue weighted by atomic mass is 16.3. The molecule has 1 aromatic carbocycles. The zero-order valence-electron chi connectivity index (χ0n) is 10.3. The van der Waals surface area contributed by atoms with Crippen LogP contribution in [-0.2, 0) is 0 Å². The molecule has 0 aliphatic carbocycles. The SMILES string of the molecule is Cc1ccc(O)c(C(=O)NC(C)c2ncc[nH]2)c1. The maximum absolute atomic E-state index is 12.0. The van der Waals surface area contributed by atoms with E-state index in [1.165, 1.54) is 6.07 Å². The number of hydrogen-bond donors (Lipinski definition) is 3. The molecule has 0 aliphatic rings. The van der Waals surface area contributed by atoms with E-state index in [9.17, 15) is 9.90 Å². The number of imidazole rings is 1. The Bertz CT molecular complexity index is 549. The highest BCUT2D eigenvalue weighted by Gasteiger charge is 2.15. The van der Waals surface area contributed by atoms with E-state index in [2.05, 4.69) is 15.3 Å². The van der Waals surface area contributed by atoms with Crippen molar-refractivity contribution in [3.05, 3.63) is 47.5 Å². The van der Waals surface area contributed by atoms with Gasteiger partial charge in [0.25, 0.3) is 5.91 Å². The minimum absolute atomic E-state index is 0.0234. The predicted octanol–water partition coefficient (Wildman–Crippen LogP) is 1.91. The van der Waals surface area contributed by atoms with Crippen molar-refractivity contribution in [2.45, 2.75) is 19.9 Å². The van der Waals surface area contributed by atoms with Gasteiger partial charge in [0.15, 0.2) is 0 Å². The summed E-state index contributed by atoms with van der Waals surface area (Å²) in [5.74, 6) is 0.334. The summed E-state index contributed by atoms with van der Waals surface area (Å²) in [6, 6.07) is 4.68. The van der Waals surface area contributed by atoms with Crippen molar-refractivity contribution in [3.8, 4) is 5.75 Å².